The van der Waals surface area contributed by atoms with Gasteiger partial charge in [0.15, 0.2) is 11.1 Å². The van der Waals surface area contributed by atoms with Crippen LogP contribution in [0.3, 0.4) is 0 Å². The van der Waals surface area contributed by atoms with Crippen molar-refractivity contribution in [1.29, 1.82) is 0 Å². The minimum atomic E-state index is -0.264. The SMILES string of the molecule is c1ccc(-c2ccc[n+]3c2-n2c4ccccc4c4cc5c6ccccc6n6c5c(c42)C32c3c(cccc3-6)C3CCCC32)cc1. The maximum absolute atomic E-state index is 2.75. The normalized spacial score (nSPS) is 21.9. The third-order valence-electron chi connectivity index (χ3n) is 11.8. The van der Waals surface area contributed by atoms with Crippen molar-refractivity contribution in [2.45, 2.75) is 30.7 Å². The van der Waals surface area contributed by atoms with Crippen molar-refractivity contribution < 1.29 is 4.57 Å². The monoisotopic (exact) mass is 562 g/mol. The molecule has 2 aliphatic heterocycles. The molecule has 1 spiro atoms. The Morgan fingerprint density at radius 2 is 1.34 bits per heavy atom. The number of benzene rings is 5. The van der Waals surface area contributed by atoms with E-state index in [9.17, 15) is 0 Å². The highest BCUT2D eigenvalue weighted by molar-refractivity contribution is 6.22. The Kier molecular flexibility index (Phi) is 3.72. The Morgan fingerprint density at radius 1 is 0.614 bits per heavy atom. The van der Waals surface area contributed by atoms with Gasteiger partial charge in [-0.25, -0.2) is 4.57 Å². The molecule has 0 bridgehead atoms. The van der Waals surface area contributed by atoms with Gasteiger partial charge in [-0.2, -0.15) is 4.57 Å². The molecule has 206 valence electrons. The molecule has 0 amide bonds. The Balaban J connectivity index is 1.45. The van der Waals surface area contributed by atoms with Crippen LogP contribution in [-0.2, 0) is 5.54 Å². The van der Waals surface area contributed by atoms with Crippen LogP contribution in [0.5, 0.6) is 0 Å². The van der Waals surface area contributed by atoms with Crippen molar-refractivity contribution in [1.82, 2.24) is 9.13 Å². The lowest BCUT2D eigenvalue weighted by molar-refractivity contribution is -0.745. The third kappa shape index (κ3) is 2.20. The minimum Gasteiger partial charge on any atom is -0.308 e. The van der Waals surface area contributed by atoms with Gasteiger partial charge in [-0.3, -0.25) is 0 Å². The fraction of sp³-hybridized carbons (Fsp3) is 0.146. The molecule has 44 heavy (non-hydrogen) atoms. The zero-order valence-electron chi connectivity index (χ0n) is 24.2. The van der Waals surface area contributed by atoms with E-state index in [-0.39, 0.29) is 5.54 Å². The van der Waals surface area contributed by atoms with E-state index >= 15 is 0 Å². The van der Waals surface area contributed by atoms with E-state index in [1.165, 1.54) is 91.1 Å². The number of rotatable bonds is 1. The first kappa shape index (κ1) is 22.4. The molecule has 0 radical (unpaired) electrons. The molecule has 1 fully saturated rings. The molecule has 0 N–H and O–H groups in total. The Morgan fingerprint density at radius 3 is 2.16 bits per heavy atom. The molecule has 3 aromatic heterocycles. The molecule has 3 unspecified atom stereocenters. The first-order chi connectivity index (χ1) is 21.9. The van der Waals surface area contributed by atoms with Gasteiger partial charge in [-0.05, 0) is 72.4 Å². The average molecular weight is 563 g/mol. The summed E-state index contributed by atoms with van der Waals surface area (Å²) >= 11 is 0. The van der Waals surface area contributed by atoms with Crippen LogP contribution in [0.25, 0.3) is 66.2 Å². The van der Waals surface area contributed by atoms with E-state index < -0.39 is 0 Å². The standard InChI is InChI=1S/C41H28N3/c1-2-11-24(12-3-1)25-17-10-22-42-40(25)44-34-20-7-5-14-28(34)31-23-30-27-13-4-6-19-33(27)43-35-21-9-16-29-26-15-8-18-32(26)41(42,36(29)35)37(38(30)43)39(31)44/h1-7,9-14,16-17,19-23,26,32H,8,15,18H2/q+1. The van der Waals surface area contributed by atoms with Crippen molar-refractivity contribution in [3.63, 3.8) is 0 Å². The van der Waals surface area contributed by atoms with Crippen LogP contribution in [0.4, 0.5) is 0 Å². The van der Waals surface area contributed by atoms with E-state index in [2.05, 4.69) is 135 Å². The average Bonchev–Trinajstić information content (AvgIpc) is 3.84. The molecule has 3 atom stereocenters. The summed E-state index contributed by atoms with van der Waals surface area (Å²) in [5.74, 6) is 2.39. The summed E-state index contributed by atoms with van der Waals surface area (Å²) in [6.07, 6.45) is 6.23. The first-order valence-electron chi connectivity index (χ1n) is 16.1. The van der Waals surface area contributed by atoms with Crippen LogP contribution in [0.2, 0.25) is 0 Å². The largest absolute Gasteiger partial charge is 0.308 e. The van der Waals surface area contributed by atoms with Gasteiger partial charge in [0.1, 0.15) is 5.52 Å². The molecule has 2 aliphatic carbocycles. The molecular weight excluding hydrogens is 534 g/mol. The number of para-hydroxylation sites is 2. The highest BCUT2D eigenvalue weighted by atomic mass is 15.2. The fourth-order valence-corrected chi connectivity index (χ4v) is 10.5. The van der Waals surface area contributed by atoms with Crippen molar-refractivity contribution in [2.24, 2.45) is 5.92 Å². The summed E-state index contributed by atoms with van der Waals surface area (Å²) in [6.45, 7) is 0. The van der Waals surface area contributed by atoms with Crippen molar-refractivity contribution in [3.8, 4) is 22.6 Å². The highest BCUT2D eigenvalue weighted by Gasteiger charge is 2.66. The summed E-state index contributed by atoms with van der Waals surface area (Å²) in [4.78, 5) is 0. The molecule has 4 aliphatic rings. The Labute approximate surface area is 254 Å². The van der Waals surface area contributed by atoms with Crippen molar-refractivity contribution in [3.05, 3.63) is 138 Å². The van der Waals surface area contributed by atoms with Gasteiger partial charge in [-0.1, -0.05) is 79.2 Å². The van der Waals surface area contributed by atoms with Gasteiger partial charge in [0.2, 0.25) is 0 Å². The topological polar surface area (TPSA) is 13.7 Å². The number of aromatic nitrogens is 3. The zero-order chi connectivity index (χ0) is 28.3. The summed E-state index contributed by atoms with van der Waals surface area (Å²) in [5.41, 5.74) is 13.7. The molecule has 5 aromatic carbocycles. The third-order valence-corrected chi connectivity index (χ3v) is 11.8. The quantitative estimate of drug-likeness (QED) is 0.177. The maximum atomic E-state index is 2.75. The van der Waals surface area contributed by atoms with Gasteiger partial charge in [-0.15, -0.1) is 0 Å². The Bertz CT molecular complexity index is 2600. The summed E-state index contributed by atoms with van der Waals surface area (Å²) in [7, 11) is 0. The predicted octanol–water partition coefficient (Wildman–Crippen LogP) is 9.15. The number of fused-ring (bicyclic) bond motifs is 11. The maximum Gasteiger partial charge on any atom is 0.295 e. The van der Waals surface area contributed by atoms with Crippen LogP contribution in [0, 0.1) is 5.92 Å². The first-order valence-corrected chi connectivity index (χ1v) is 16.1. The van der Waals surface area contributed by atoms with Crippen LogP contribution in [0.1, 0.15) is 41.9 Å². The second-order valence-corrected chi connectivity index (χ2v) is 13.4. The van der Waals surface area contributed by atoms with Crippen LogP contribution < -0.4 is 4.57 Å². The van der Waals surface area contributed by atoms with Crippen LogP contribution in [-0.4, -0.2) is 9.13 Å². The van der Waals surface area contributed by atoms with E-state index in [1.807, 2.05) is 0 Å². The van der Waals surface area contributed by atoms with Crippen molar-refractivity contribution in [2.75, 3.05) is 0 Å². The molecule has 5 heterocycles. The lowest BCUT2D eigenvalue weighted by Gasteiger charge is -2.42. The lowest BCUT2D eigenvalue weighted by atomic mass is 9.71. The summed E-state index contributed by atoms with van der Waals surface area (Å²) < 4.78 is 8.01. The van der Waals surface area contributed by atoms with Gasteiger partial charge in [0.05, 0.1) is 34.0 Å². The molecule has 0 saturated heterocycles. The summed E-state index contributed by atoms with van der Waals surface area (Å²) in [5, 5.41) is 5.44. The highest BCUT2D eigenvalue weighted by Crippen LogP contribution is 2.66. The van der Waals surface area contributed by atoms with Gasteiger partial charge in [0.25, 0.3) is 5.82 Å². The second kappa shape index (κ2) is 7.31. The van der Waals surface area contributed by atoms with E-state index in [0.29, 0.717) is 11.8 Å². The van der Waals surface area contributed by atoms with Crippen molar-refractivity contribution >= 4 is 43.6 Å². The van der Waals surface area contributed by atoms with E-state index in [1.54, 1.807) is 11.1 Å². The number of pyridine rings is 1. The van der Waals surface area contributed by atoms with Gasteiger partial charge >= 0.3 is 0 Å². The minimum absolute atomic E-state index is 0.264. The number of hydrogen-bond donors (Lipinski definition) is 0. The zero-order valence-corrected chi connectivity index (χ0v) is 24.2. The van der Waals surface area contributed by atoms with E-state index in [0.717, 1.165) is 0 Å². The Hall–Kier alpha value is -5.15. The van der Waals surface area contributed by atoms with E-state index in [4.69, 9.17) is 0 Å². The van der Waals surface area contributed by atoms with Gasteiger partial charge in [0, 0.05) is 33.0 Å². The molecule has 3 nitrogen and oxygen atoms in total. The molecule has 8 aromatic rings. The van der Waals surface area contributed by atoms with Gasteiger partial charge < -0.3 is 4.57 Å². The molecule has 12 rings (SSSR count). The van der Waals surface area contributed by atoms with Crippen LogP contribution >= 0.6 is 0 Å². The smallest absolute Gasteiger partial charge is 0.295 e. The molecule has 1 saturated carbocycles. The number of hydrogen-bond acceptors (Lipinski definition) is 0. The lowest BCUT2D eigenvalue weighted by Crippen LogP contribution is -2.65. The van der Waals surface area contributed by atoms with Crippen LogP contribution in [0.15, 0.2) is 121 Å². The number of nitrogens with zero attached hydrogens (tertiary/aromatic N) is 3. The fourth-order valence-electron chi connectivity index (χ4n) is 10.5. The second-order valence-electron chi connectivity index (χ2n) is 13.4. The molecule has 3 heteroatoms. The predicted molar refractivity (Wildman–Crippen MR) is 177 cm³/mol. The summed E-state index contributed by atoms with van der Waals surface area (Å²) in [6, 6.07) is 43.6. The molecular formula is C41H28N3+.